The number of hydrogen-bond donors (Lipinski definition) is 3. The first-order valence-electron chi connectivity index (χ1n) is 5.89. The molecular weight excluding hydrogens is 297 g/mol. The van der Waals surface area contributed by atoms with Gasteiger partial charge >= 0.3 is 0 Å². The number of halogens is 2. The number of anilines is 1. The smallest absolute Gasteiger partial charge is 0.253 e. The Hall–Kier alpha value is -1.75. The Bertz CT molecular complexity index is 614. The summed E-state index contributed by atoms with van der Waals surface area (Å²) >= 11 is 11.7. The zero-order valence-corrected chi connectivity index (χ0v) is 12.0. The molecule has 2 rings (SSSR count). The van der Waals surface area contributed by atoms with Gasteiger partial charge in [0.2, 0.25) is 0 Å². The second kappa shape index (κ2) is 6.61. The Labute approximate surface area is 126 Å². The van der Waals surface area contributed by atoms with Gasteiger partial charge < -0.3 is 10.7 Å². The van der Waals surface area contributed by atoms with Gasteiger partial charge in [-0.2, -0.15) is 0 Å². The third kappa shape index (κ3) is 3.63. The summed E-state index contributed by atoms with van der Waals surface area (Å²) < 4.78 is 0. The summed E-state index contributed by atoms with van der Waals surface area (Å²) in [6, 6.07) is 12.1. The zero-order chi connectivity index (χ0) is 14.5. The Morgan fingerprint density at radius 2 is 1.70 bits per heavy atom. The Balaban J connectivity index is 2.08. The van der Waals surface area contributed by atoms with Crippen molar-refractivity contribution in [2.24, 2.45) is 5.84 Å². The molecule has 0 aliphatic carbocycles. The summed E-state index contributed by atoms with van der Waals surface area (Å²) in [6.45, 7) is 0.395. The van der Waals surface area contributed by atoms with Crippen LogP contribution in [0, 0.1) is 0 Å². The average Bonchev–Trinajstić information content (AvgIpc) is 2.46. The molecule has 2 aromatic rings. The third-order valence-corrected chi connectivity index (χ3v) is 3.24. The highest BCUT2D eigenvalue weighted by Crippen LogP contribution is 2.20. The Morgan fingerprint density at radius 1 is 1.05 bits per heavy atom. The molecule has 6 heteroatoms. The van der Waals surface area contributed by atoms with Gasteiger partial charge in [-0.15, -0.1) is 0 Å². The lowest BCUT2D eigenvalue weighted by Gasteiger charge is -2.10. The van der Waals surface area contributed by atoms with Crippen LogP contribution in [0.15, 0.2) is 42.5 Å². The van der Waals surface area contributed by atoms with Crippen LogP contribution in [0.1, 0.15) is 15.9 Å². The van der Waals surface area contributed by atoms with E-state index in [0.717, 1.165) is 5.56 Å². The fourth-order valence-corrected chi connectivity index (χ4v) is 2.01. The number of carbonyl (C=O) groups excluding carboxylic acids is 1. The van der Waals surface area contributed by atoms with Gasteiger partial charge in [-0.05, 0) is 35.9 Å². The van der Waals surface area contributed by atoms with Crippen LogP contribution < -0.4 is 16.6 Å². The molecule has 104 valence electrons. The van der Waals surface area contributed by atoms with Gasteiger partial charge in [-0.1, -0.05) is 35.3 Å². The second-order valence-corrected chi connectivity index (χ2v) is 5.02. The van der Waals surface area contributed by atoms with E-state index in [1.807, 2.05) is 12.1 Å². The van der Waals surface area contributed by atoms with Crippen molar-refractivity contribution in [3.8, 4) is 0 Å². The minimum Gasteiger partial charge on any atom is -0.348 e. The maximum absolute atomic E-state index is 12.1. The highest BCUT2D eigenvalue weighted by Gasteiger charge is 2.11. The van der Waals surface area contributed by atoms with E-state index < -0.39 is 0 Å². The number of nitrogen functional groups attached to an aromatic ring is 1. The van der Waals surface area contributed by atoms with Crippen molar-refractivity contribution >= 4 is 34.8 Å². The summed E-state index contributed by atoms with van der Waals surface area (Å²) in [5.41, 5.74) is 4.34. The van der Waals surface area contributed by atoms with Crippen molar-refractivity contribution in [3.05, 3.63) is 63.6 Å². The number of carbonyl (C=O) groups is 1. The first-order chi connectivity index (χ1) is 9.60. The van der Waals surface area contributed by atoms with E-state index in [1.54, 1.807) is 30.3 Å². The van der Waals surface area contributed by atoms with E-state index in [4.69, 9.17) is 29.0 Å². The summed E-state index contributed by atoms with van der Waals surface area (Å²) in [4.78, 5) is 12.1. The van der Waals surface area contributed by atoms with Crippen molar-refractivity contribution in [3.63, 3.8) is 0 Å². The van der Waals surface area contributed by atoms with Gasteiger partial charge in [0.15, 0.2) is 0 Å². The van der Waals surface area contributed by atoms with Crippen LogP contribution in [0.25, 0.3) is 0 Å². The summed E-state index contributed by atoms with van der Waals surface area (Å²) in [7, 11) is 0. The number of hydrazine groups is 1. The summed E-state index contributed by atoms with van der Waals surface area (Å²) in [5.74, 6) is 5.12. The zero-order valence-electron chi connectivity index (χ0n) is 10.5. The predicted molar refractivity (Wildman–Crippen MR) is 81.9 cm³/mol. The van der Waals surface area contributed by atoms with Crippen molar-refractivity contribution in [2.45, 2.75) is 6.54 Å². The molecule has 0 saturated heterocycles. The monoisotopic (exact) mass is 309 g/mol. The molecule has 1 amide bonds. The van der Waals surface area contributed by atoms with Crippen molar-refractivity contribution in [1.29, 1.82) is 0 Å². The molecule has 0 unspecified atom stereocenters. The largest absolute Gasteiger partial charge is 0.348 e. The molecule has 0 aliphatic rings. The standard InChI is InChI=1S/C14H13Cl2N3O/c15-10-3-1-9(2-4-10)8-18-14(20)12-7-11(16)5-6-13(12)19-17/h1-7,19H,8,17H2,(H,18,20). The molecule has 2 aromatic carbocycles. The molecule has 0 aromatic heterocycles. The predicted octanol–water partition coefficient (Wildman–Crippen LogP) is 3.21. The van der Waals surface area contributed by atoms with Crippen LogP contribution in [0.5, 0.6) is 0 Å². The van der Waals surface area contributed by atoms with Gasteiger partial charge in [0.25, 0.3) is 5.91 Å². The first kappa shape index (κ1) is 14.7. The Morgan fingerprint density at radius 3 is 2.35 bits per heavy atom. The van der Waals surface area contributed by atoms with E-state index in [2.05, 4.69) is 10.7 Å². The van der Waals surface area contributed by atoms with Gasteiger partial charge in [0.05, 0.1) is 11.3 Å². The van der Waals surface area contributed by atoms with Crippen molar-refractivity contribution in [2.75, 3.05) is 5.43 Å². The molecule has 0 heterocycles. The second-order valence-electron chi connectivity index (χ2n) is 4.14. The van der Waals surface area contributed by atoms with E-state index >= 15 is 0 Å². The number of hydrogen-bond acceptors (Lipinski definition) is 3. The van der Waals surface area contributed by atoms with Gasteiger partial charge in [0.1, 0.15) is 0 Å². The van der Waals surface area contributed by atoms with E-state index in [9.17, 15) is 4.79 Å². The fourth-order valence-electron chi connectivity index (χ4n) is 1.71. The summed E-state index contributed by atoms with van der Waals surface area (Å²) in [5, 5.41) is 3.93. The van der Waals surface area contributed by atoms with Gasteiger partial charge in [0, 0.05) is 16.6 Å². The lowest BCUT2D eigenvalue weighted by atomic mass is 10.1. The maximum atomic E-state index is 12.1. The minimum absolute atomic E-state index is 0.254. The van der Waals surface area contributed by atoms with Crippen LogP contribution in [0.3, 0.4) is 0 Å². The molecule has 0 bridgehead atoms. The molecule has 0 atom stereocenters. The van der Waals surface area contributed by atoms with Gasteiger partial charge in [-0.3, -0.25) is 10.6 Å². The number of benzene rings is 2. The first-order valence-corrected chi connectivity index (χ1v) is 6.64. The minimum atomic E-state index is -0.254. The molecule has 0 saturated carbocycles. The quantitative estimate of drug-likeness (QED) is 0.600. The van der Waals surface area contributed by atoms with Gasteiger partial charge in [-0.25, -0.2) is 0 Å². The fraction of sp³-hybridized carbons (Fsp3) is 0.0714. The topological polar surface area (TPSA) is 67.1 Å². The van der Waals surface area contributed by atoms with Crippen LogP contribution in [0.4, 0.5) is 5.69 Å². The SMILES string of the molecule is NNc1ccc(Cl)cc1C(=O)NCc1ccc(Cl)cc1. The van der Waals surface area contributed by atoms with E-state index in [-0.39, 0.29) is 5.91 Å². The molecule has 0 spiro atoms. The maximum Gasteiger partial charge on any atom is 0.253 e. The van der Waals surface area contributed by atoms with Crippen LogP contribution in [-0.2, 0) is 6.54 Å². The van der Waals surface area contributed by atoms with Crippen LogP contribution in [-0.4, -0.2) is 5.91 Å². The number of nitrogens with two attached hydrogens (primary N) is 1. The lowest BCUT2D eigenvalue weighted by molar-refractivity contribution is 0.0951. The number of amides is 1. The molecule has 4 nitrogen and oxygen atoms in total. The highest BCUT2D eigenvalue weighted by molar-refractivity contribution is 6.31. The van der Waals surface area contributed by atoms with Crippen LogP contribution in [0.2, 0.25) is 10.0 Å². The molecule has 0 fully saturated rings. The van der Waals surface area contributed by atoms with Crippen molar-refractivity contribution in [1.82, 2.24) is 5.32 Å². The number of rotatable bonds is 4. The molecule has 20 heavy (non-hydrogen) atoms. The molecular formula is C14H13Cl2N3O. The number of nitrogens with one attached hydrogen (secondary N) is 2. The normalized spacial score (nSPS) is 10.2. The summed E-state index contributed by atoms with van der Waals surface area (Å²) in [6.07, 6.45) is 0. The lowest BCUT2D eigenvalue weighted by Crippen LogP contribution is -2.24. The average molecular weight is 310 g/mol. The van der Waals surface area contributed by atoms with E-state index in [1.165, 1.54) is 0 Å². The van der Waals surface area contributed by atoms with E-state index in [0.29, 0.717) is 27.8 Å². The molecule has 0 radical (unpaired) electrons. The molecule has 0 aliphatic heterocycles. The molecule has 4 N–H and O–H groups in total. The van der Waals surface area contributed by atoms with Crippen LogP contribution >= 0.6 is 23.2 Å². The van der Waals surface area contributed by atoms with Crippen molar-refractivity contribution < 1.29 is 4.79 Å². The Kier molecular flexibility index (Phi) is 4.84. The third-order valence-electron chi connectivity index (χ3n) is 2.75. The highest BCUT2D eigenvalue weighted by atomic mass is 35.5.